The van der Waals surface area contributed by atoms with Crippen molar-refractivity contribution in [3.05, 3.63) is 59.2 Å². The summed E-state index contributed by atoms with van der Waals surface area (Å²) in [5.74, 6) is -0.438. The van der Waals surface area contributed by atoms with Crippen LogP contribution >= 0.6 is 0 Å². The van der Waals surface area contributed by atoms with Gasteiger partial charge in [0.15, 0.2) is 6.10 Å². The summed E-state index contributed by atoms with van der Waals surface area (Å²) < 4.78 is 10.9. The van der Waals surface area contributed by atoms with Gasteiger partial charge in [-0.05, 0) is 76.9 Å². The number of rotatable bonds is 5. The molecule has 166 valence electrons. The van der Waals surface area contributed by atoms with Crippen molar-refractivity contribution in [2.75, 3.05) is 5.32 Å². The van der Waals surface area contributed by atoms with Gasteiger partial charge >= 0.3 is 6.09 Å². The highest BCUT2D eigenvalue weighted by Gasteiger charge is 2.18. The van der Waals surface area contributed by atoms with Crippen LogP contribution in [0, 0.1) is 13.8 Å². The van der Waals surface area contributed by atoms with Gasteiger partial charge in [0.05, 0.1) is 0 Å². The maximum Gasteiger partial charge on any atom is 0.412 e. The molecule has 3 N–H and O–H groups in total. The Morgan fingerprint density at radius 3 is 2.32 bits per heavy atom. The van der Waals surface area contributed by atoms with Gasteiger partial charge in [-0.15, -0.1) is 0 Å². The van der Waals surface area contributed by atoms with E-state index in [1.54, 1.807) is 52.0 Å². The fourth-order valence-electron chi connectivity index (χ4n) is 2.55. The third-order valence-electron chi connectivity index (χ3n) is 4.30. The molecule has 0 unspecified atom stereocenters. The highest BCUT2D eigenvalue weighted by atomic mass is 16.6. The first-order valence-corrected chi connectivity index (χ1v) is 9.89. The molecule has 0 fully saturated rings. The second-order valence-electron chi connectivity index (χ2n) is 8.11. The summed E-state index contributed by atoms with van der Waals surface area (Å²) in [5.41, 5.74) is 6.69. The summed E-state index contributed by atoms with van der Waals surface area (Å²) in [4.78, 5) is 36.6. The minimum atomic E-state index is -0.819. The number of carbonyl (C=O) groups excluding carboxylic acids is 3. The molecule has 3 amide bonds. The molecule has 0 bridgehead atoms. The van der Waals surface area contributed by atoms with Crippen LogP contribution in [0.4, 0.5) is 10.5 Å². The van der Waals surface area contributed by atoms with Gasteiger partial charge < -0.3 is 9.47 Å². The Hall–Kier alpha value is -3.55. The zero-order valence-electron chi connectivity index (χ0n) is 18.7. The zero-order valence-corrected chi connectivity index (χ0v) is 18.7. The number of hydrogen-bond donors (Lipinski definition) is 3. The van der Waals surface area contributed by atoms with Crippen molar-refractivity contribution >= 4 is 23.6 Å². The number of benzene rings is 2. The molecule has 0 spiro atoms. The second-order valence-corrected chi connectivity index (χ2v) is 8.11. The highest BCUT2D eigenvalue weighted by molar-refractivity contribution is 5.97. The third-order valence-corrected chi connectivity index (χ3v) is 4.30. The molecule has 31 heavy (non-hydrogen) atoms. The number of hydrazine groups is 1. The van der Waals surface area contributed by atoms with E-state index in [-0.39, 0.29) is 5.56 Å². The molecule has 0 heterocycles. The monoisotopic (exact) mass is 427 g/mol. The van der Waals surface area contributed by atoms with Gasteiger partial charge in [-0.2, -0.15) is 0 Å². The lowest BCUT2D eigenvalue weighted by Crippen LogP contribution is -2.47. The van der Waals surface area contributed by atoms with Crippen LogP contribution in [-0.2, 0) is 9.53 Å². The van der Waals surface area contributed by atoms with Gasteiger partial charge in [-0.3, -0.25) is 25.8 Å². The summed E-state index contributed by atoms with van der Waals surface area (Å²) in [5, 5.41) is 2.57. The molecule has 0 saturated heterocycles. The molecule has 1 atom stereocenters. The van der Waals surface area contributed by atoms with E-state index in [2.05, 4.69) is 16.2 Å². The number of nitrogens with one attached hydrogen (secondary N) is 3. The first-order valence-electron chi connectivity index (χ1n) is 9.89. The largest absolute Gasteiger partial charge is 0.481 e. The Balaban J connectivity index is 1.92. The number of aryl methyl sites for hydroxylation is 1. The molecule has 0 radical (unpaired) electrons. The van der Waals surface area contributed by atoms with Crippen LogP contribution in [0.15, 0.2) is 42.5 Å². The Kier molecular flexibility index (Phi) is 7.63. The van der Waals surface area contributed by atoms with Gasteiger partial charge in [-0.1, -0.05) is 18.2 Å². The minimum Gasteiger partial charge on any atom is -0.481 e. The summed E-state index contributed by atoms with van der Waals surface area (Å²) in [7, 11) is 0. The summed E-state index contributed by atoms with van der Waals surface area (Å²) in [6.07, 6.45) is -1.45. The van der Waals surface area contributed by atoms with E-state index in [4.69, 9.17) is 9.47 Å². The normalized spacial score (nSPS) is 11.8. The van der Waals surface area contributed by atoms with E-state index >= 15 is 0 Å². The summed E-state index contributed by atoms with van der Waals surface area (Å²) in [6, 6.07) is 11.9. The zero-order chi connectivity index (χ0) is 23.2. The maximum atomic E-state index is 12.4. The van der Waals surface area contributed by atoms with E-state index in [0.717, 1.165) is 11.1 Å². The average molecular weight is 428 g/mol. The molecule has 0 aromatic heterocycles. The van der Waals surface area contributed by atoms with Crippen molar-refractivity contribution in [1.82, 2.24) is 10.9 Å². The van der Waals surface area contributed by atoms with Gasteiger partial charge in [0.2, 0.25) is 0 Å². The van der Waals surface area contributed by atoms with Gasteiger partial charge in [-0.25, -0.2) is 4.79 Å². The third kappa shape index (κ3) is 7.33. The molecule has 0 aliphatic heterocycles. The average Bonchev–Trinajstić information content (AvgIpc) is 2.68. The van der Waals surface area contributed by atoms with E-state index in [9.17, 15) is 14.4 Å². The van der Waals surface area contributed by atoms with Crippen LogP contribution < -0.4 is 20.9 Å². The van der Waals surface area contributed by atoms with Gasteiger partial charge in [0.1, 0.15) is 11.4 Å². The van der Waals surface area contributed by atoms with E-state index in [1.807, 2.05) is 26.0 Å². The smallest absolute Gasteiger partial charge is 0.412 e. The van der Waals surface area contributed by atoms with Crippen LogP contribution in [0.1, 0.15) is 49.2 Å². The Labute approximate surface area is 182 Å². The lowest BCUT2D eigenvalue weighted by atomic mass is 10.1. The van der Waals surface area contributed by atoms with Crippen LogP contribution in [0.25, 0.3) is 0 Å². The summed E-state index contributed by atoms with van der Waals surface area (Å²) >= 11 is 0. The molecule has 0 saturated carbocycles. The lowest BCUT2D eigenvalue weighted by Gasteiger charge is -2.19. The number of carbonyl (C=O) groups is 3. The Bertz CT molecular complexity index is 966. The molecule has 2 aromatic carbocycles. The van der Waals surface area contributed by atoms with E-state index in [1.165, 1.54) is 6.07 Å². The fourth-order valence-corrected chi connectivity index (χ4v) is 2.55. The molecule has 2 aromatic rings. The molecule has 8 heteroatoms. The Morgan fingerprint density at radius 2 is 1.65 bits per heavy atom. The number of amides is 3. The van der Waals surface area contributed by atoms with Crippen LogP contribution in [0.2, 0.25) is 0 Å². The molecular weight excluding hydrogens is 398 g/mol. The molecule has 2 rings (SSSR count). The van der Waals surface area contributed by atoms with Crippen LogP contribution in [0.5, 0.6) is 5.75 Å². The van der Waals surface area contributed by atoms with Crippen molar-refractivity contribution in [2.24, 2.45) is 0 Å². The van der Waals surface area contributed by atoms with Gasteiger partial charge in [0, 0.05) is 11.3 Å². The van der Waals surface area contributed by atoms with Crippen molar-refractivity contribution in [1.29, 1.82) is 0 Å². The number of ether oxygens (including phenoxy) is 2. The predicted molar refractivity (Wildman–Crippen MR) is 118 cm³/mol. The van der Waals surface area contributed by atoms with Crippen molar-refractivity contribution in [2.45, 2.75) is 53.2 Å². The first kappa shape index (κ1) is 23.7. The standard InChI is InChI=1S/C23H29N3O5/c1-14-9-7-12-19(15(14)2)30-16(3)20(27)25-26-21(28)17-10-8-11-18(13-17)24-22(29)31-23(4,5)6/h7-13,16H,1-6H3,(H,24,29)(H,25,27)(H,26,28)/t16-/m1/s1. The van der Waals surface area contributed by atoms with Gasteiger partial charge in [0.25, 0.3) is 11.8 Å². The lowest BCUT2D eigenvalue weighted by molar-refractivity contribution is -0.128. The fraction of sp³-hybridized carbons (Fsp3) is 0.348. The van der Waals surface area contributed by atoms with Crippen molar-refractivity contribution in [3.63, 3.8) is 0 Å². The summed E-state index contributed by atoms with van der Waals surface area (Å²) in [6.45, 7) is 10.7. The van der Waals surface area contributed by atoms with E-state index < -0.39 is 29.6 Å². The highest BCUT2D eigenvalue weighted by Crippen LogP contribution is 2.21. The Morgan fingerprint density at radius 1 is 0.968 bits per heavy atom. The maximum absolute atomic E-state index is 12.4. The topological polar surface area (TPSA) is 106 Å². The van der Waals surface area contributed by atoms with Crippen LogP contribution in [-0.4, -0.2) is 29.6 Å². The second kappa shape index (κ2) is 9.97. The van der Waals surface area contributed by atoms with Crippen molar-refractivity contribution in [3.8, 4) is 5.75 Å². The first-order chi connectivity index (χ1) is 14.5. The quantitative estimate of drug-likeness (QED) is 0.628. The SMILES string of the molecule is Cc1cccc(O[C@H](C)C(=O)NNC(=O)c2cccc(NC(=O)OC(C)(C)C)c2)c1C. The molecule has 0 aliphatic carbocycles. The predicted octanol–water partition coefficient (Wildman–Crippen LogP) is 3.88. The molecular formula is C23H29N3O5. The van der Waals surface area contributed by atoms with E-state index in [0.29, 0.717) is 11.4 Å². The van der Waals surface area contributed by atoms with Crippen LogP contribution in [0.3, 0.4) is 0 Å². The molecule has 8 nitrogen and oxygen atoms in total. The van der Waals surface area contributed by atoms with Crippen molar-refractivity contribution < 1.29 is 23.9 Å². The number of hydrogen-bond acceptors (Lipinski definition) is 5. The molecule has 0 aliphatic rings. The minimum absolute atomic E-state index is 0.247. The number of anilines is 1.